The van der Waals surface area contributed by atoms with Crippen molar-refractivity contribution in [3.8, 4) is 22.6 Å². The lowest BCUT2D eigenvalue weighted by Gasteiger charge is -2.22. The van der Waals surface area contributed by atoms with Crippen LogP contribution in [0.2, 0.25) is 5.02 Å². The molecule has 0 aliphatic carbocycles. The summed E-state index contributed by atoms with van der Waals surface area (Å²) in [4.78, 5) is 23.7. The SMILES string of the molecule is COc1ccc(Cl)cc1C(=O)NCCc1ccc(-c2ccc(OC(C)(C)C(=O)O)c(F)c2)cc1. The Labute approximate surface area is 202 Å². The number of aliphatic carboxylic acids is 1. The van der Waals surface area contributed by atoms with Crippen LogP contribution in [0.5, 0.6) is 11.5 Å². The Morgan fingerprint density at radius 3 is 2.26 bits per heavy atom. The van der Waals surface area contributed by atoms with E-state index in [1.54, 1.807) is 24.3 Å². The predicted molar refractivity (Wildman–Crippen MR) is 128 cm³/mol. The molecule has 0 saturated carbocycles. The average Bonchev–Trinajstić information content (AvgIpc) is 2.80. The lowest BCUT2D eigenvalue weighted by atomic mass is 10.0. The molecule has 178 valence electrons. The quantitative estimate of drug-likeness (QED) is 0.425. The molecule has 0 heterocycles. The van der Waals surface area contributed by atoms with Crippen LogP contribution >= 0.6 is 11.6 Å². The summed E-state index contributed by atoms with van der Waals surface area (Å²) >= 11 is 5.98. The Balaban J connectivity index is 1.61. The minimum Gasteiger partial charge on any atom is -0.496 e. The molecule has 0 atom stereocenters. The summed E-state index contributed by atoms with van der Waals surface area (Å²) in [5, 5.41) is 12.5. The van der Waals surface area contributed by atoms with Crippen LogP contribution in [0.25, 0.3) is 11.1 Å². The van der Waals surface area contributed by atoms with Gasteiger partial charge in [0, 0.05) is 11.6 Å². The molecular formula is C26H25ClFNO5. The number of carbonyl (C=O) groups is 2. The Bertz CT molecular complexity index is 1190. The fraction of sp³-hybridized carbons (Fsp3) is 0.231. The van der Waals surface area contributed by atoms with Crippen molar-refractivity contribution in [1.29, 1.82) is 0 Å². The Hall–Kier alpha value is -3.58. The van der Waals surface area contributed by atoms with Gasteiger partial charge in [-0.3, -0.25) is 4.79 Å². The Kier molecular flexibility index (Phi) is 7.79. The van der Waals surface area contributed by atoms with Crippen molar-refractivity contribution in [2.24, 2.45) is 0 Å². The van der Waals surface area contributed by atoms with Crippen LogP contribution in [0.4, 0.5) is 4.39 Å². The van der Waals surface area contributed by atoms with E-state index >= 15 is 0 Å². The van der Waals surface area contributed by atoms with Crippen LogP contribution in [0.3, 0.4) is 0 Å². The molecule has 0 radical (unpaired) electrons. The molecule has 0 spiro atoms. The van der Waals surface area contributed by atoms with Crippen molar-refractivity contribution >= 4 is 23.5 Å². The zero-order valence-electron chi connectivity index (χ0n) is 19.0. The van der Waals surface area contributed by atoms with Gasteiger partial charge in [-0.25, -0.2) is 9.18 Å². The van der Waals surface area contributed by atoms with Crippen molar-refractivity contribution in [2.45, 2.75) is 25.9 Å². The molecule has 8 heteroatoms. The Morgan fingerprint density at radius 1 is 1.00 bits per heavy atom. The van der Waals surface area contributed by atoms with Gasteiger partial charge in [0.25, 0.3) is 5.91 Å². The number of hydrogen-bond acceptors (Lipinski definition) is 4. The number of benzene rings is 3. The first-order valence-electron chi connectivity index (χ1n) is 10.5. The molecular weight excluding hydrogens is 461 g/mol. The van der Waals surface area contributed by atoms with Crippen LogP contribution in [0.1, 0.15) is 29.8 Å². The number of rotatable bonds is 9. The summed E-state index contributed by atoms with van der Waals surface area (Å²) < 4.78 is 25.0. The molecule has 3 aromatic rings. The third kappa shape index (κ3) is 6.05. The second-order valence-corrected chi connectivity index (χ2v) is 8.55. The summed E-state index contributed by atoms with van der Waals surface area (Å²) in [5.41, 5.74) is 1.24. The first-order chi connectivity index (χ1) is 16.1. The maximum atomic E-state index is 14.5. The number of halogens is 2. The van der Waals surface area contributed by atoms with E-state index in [2.05, 4.69) is 5.32 Å². The van der Waals surface area contributed by atoms with E-state index in [1.165, 1.54) is 33.1 Å². The topological polar surface area (TPSA) is 84.9 Å². The number of methoxy groups -OCH3 is 1. The number of ether oxygens (including phenoxy) is 2. The molecule has 0 fully saturated rings. The molecule has 6 nitrogen and oxygen atoms in total. The summed E-state index contributed by atoms with van der Waals surface area (Å²) in [6.07, 6.45) is 0.598. The summed E-state index contributed by atoms with van der Waals surface area (Å²) in [6.45, 7) is 3.12. The first-order valence-corrected chi connectivity index (χ1v) is 10.9. The van der Waals surface area contributed by atoms with Gasteiger partial charge < -0.3 is 19.9 Å². The number of nitrogens with one attached hydrogen (secondary N) is 1. The maximum absolute atomic E-state index is 14.5. The minimum atomic E-state index is -1.54. The number of carbonyl (C=O) groups excluding carboxylic acids is 1. The molecule has 34 heavy (non-hydrogen) atoms. The molecule has 3 rings (SSSR count). The normalized spacial score (nSPS) is 11.1. The lowest BCUT2D eigenvalue weighted by Crippen LogP contribution is -2.38. The molecule has 0 aliphatic heterocycles. The van der Waals surface area contributed by atoms with Crippen molar-refractivity contribution < 1.29 is 28.6 Å². The summed E-state index contributed by atoms with van der Waals surface area (Å²) in [5.74, 6) is -1.79. The second kappa shape index (κ2) is 10.6. The molecule has 0 aliphatic rings. The maximum Gasteiger partial charge on any atom is 0.347 e. The summed E-state index contributed by atoms with van der Waals surface area (Å²) in [7, 11) is 1.49. The van der Waals surface area contributed by atoms with E-state index in [4.69, 9.17) is 26.2 Å². The third-order valence-corrected chi connectivity index (χ3v) is 5.44. The molecule has 0 saturated heterocycles. The van der Waals surface area contributed by atoms with Crippen LogP contribution in [-0.4, -0.2) is 36.2 Å². The van der Waals surface area contributed by atoms with E-state index in [0.717, 1.165) is 11.1 Å². The van der Waals surface area contributed by atoms with Gasteiger partial charge in [0.15, 0.2) is 17.2 Å². The van der Waals surface area contributed by atoms with Crippen LogP contribution < -0.4 is 14.8 Å². The zero-order chi connectivity index (χ0) is 24.9. The highest BCUT2D eigenvalue weighted by atomic mass is 35.5. The number of carboxylic acid groups (broad SMARTS) is 1. The van der Waals surface area contributed by atoms with E-state index in [0.29, 0.717) is 34.9 Å². The monoisotopic (exact) mass is 485 g/mol. The van der Waals surface area contributed by atoms with Crippen molar-refractivity contribution in [3.63, 3.8) is 0 Å². The zero-order valence-corrected chi connectivity index (χ0v) is 19.8. The van der Waals surface area contributed by atoms with Gasteiger partial charge in [-0.05, 0) is 67.3 Å². The van der Waals surface area contributed by atoms with E-state index in [9.17, 15) is 14.0 Å². The molecule has 0 aromatic heterocycles. The standard InChI is InChI=1S/C26H25ClFNO5/c1-26(2,25(31)32)34-23-10-8-18(14-21(23)28)17-6-4-16(5-7-17)12-13-29-24(30)20-15-19(27)9-11-22(20)33-3/h4-11,14-15H,12-13H2,1-3H3,(H,29,30)(H,31,32). The minimum absolute atomic E-state index is 0.125. The lowest BCUT2D eigenvalue weighted by molar-refractivity contribution is -0.152. The third-order valence-electron chi connectivity index (χ3n) is 5.20. The van der Waals surface area contributed by atoms with Gasteiger partial charge in [0.05, 0.1) is 12.7 Å². The smallest absolute Gasteiger partial charge is 0.347 e. The highest BCUT2D eigenvalue weighted by Crippen LogP contribution is 2.28. The van der Waals surface area contributed by atoms with Crippen molar-refractivity contribution in [2.75, 3.05) is 13.7 Å². The number of amides is 1. The van der Waals surface area contributed by atoms with Gasteiger partial charge in [-0.2, -0.15) is 0 Å². The van der Waals surface area contributed by atoms with Crippen molar-refractivity contribution in [3.05, 3.63) is 82.6 Å². The van der Waals surface area contributed by atoms with E-state index < -0.39 is 17.4 Å². The first kappa shape index (κ1) is 25.1. The molecule has 0 bridgehead atoms. The van der Waals surface area contributed by atoms with Gasteiger partial charge >= 0.3 is 5.97 Å². The number of hydrogen-bond donors (Lipinski definition) is 2. The van der Waals surface area contributed by atoms with E-state index in [-0.39, 0.29) is 11.7 Å². The van der Waals surface area contributed by atoms with Gasteiger partial charge in [-0.15, -0.1) is 0 Å². The molecule has 3 aromatic carbocycles. The fourth-order valence-corrected chi connectivity index (χ4v) is 3.39. The highest BCUT2D eigenvalue weighted by molar-refractivity contribution is 6.31. The predicted octanol–water partition coefficient (Wildman–Crippen LogP) is 5.37. The van der Waals surface area contributed by atoms with E-state index in [1.807, 2.05) is 24.3 Å². The van der Waals surface area contributed by atoms with Crippen LogP contribution in [0.15, 0.2) is 60.7 Å². The highest BCUT2D eigenvalue weighted by Gasteiger charge is 2.30. The van der Waals surface area contributed by atoms with Crippen LogP contribution in [0, 0.1) is 5.82 Å². The molecule has 2 N–H and O–H groups in total. The fourth-order valence-electron chi connectivity index (χ4n) is 3.22. The molecule has 1 amide bonds. The average molecular weight is 486 g/mol. The second-order valence-electron chi connectivity index (χ2n) is 8.11. The molecule has 0 unspecified atom stereocenters. The number of carboxylic acids is 1. The van der Waals surface area contributed by atoms with Gasteiger partial charge in [0.2, 0.25) is 0 Å². The summed E-state index contributed by atoms with van der Waals surface area (Å²) in [6, 6.07) is 16.8. The largest absolute Gasteiger partial charge is 0.496 e. The van der Waals surface area contributed by atoms with Gasteiger partial charge in [0.1, 0.15) is 5.75 Å². The van der Waals surface area contributed by atoms with Crippen molar-refractivity contribution in [1.82, 2.24) is 5.32 Å². The van der Waals surface area contributed by atoms with Crippen LogP contribution in [-0.2, 0) is 11.2 Å². The van der Waals surface area contributed by atoms with Gasteiger partial charge in [-0.1, -0.05) is 41.9 Å². The Morgan fingerprint density at radius 2 is 1.65 bits per heavy atom.